The summed E-state index contributed by atoms with van der Waals surface area (Å²) in [5, 5.41) is 2.95. The van der Waals surface area contributed by atoms with Crippen molar-refractivity contribution in [1.82, 2.24) is 24.6 Å². The van der Waals surface area contributed by atoms with E-state index in [0.29, 0.717) is 12.5 Å². The van der Waals surface area contributed by atoms with Crippen LogP contribution >= 0.6 is 11.3 Å². The number of amides is 1. The number of carbonyl (C=O) groups is 1. The fourth-order valence-corrected chi connectivity index (χ4v) is 5.06. The number of benzene rings is 1. The second kappa shape index (κ2) is 9.12. The van der Waals surface area contributed by atoms with Gasteiger partial charge in [-0.1, -0.05) is 6.07 Å². The van der Waals surface area contributed by atoms with Crippen LogP contribution in [0.5, 0.6) is 11.5 Å². The number of nitrogens with zero attached hydrogens (tertiary/aromatic N) is 5. The fourth-order valence-electron chi connectivity index (χ4n) is 4.25. The Hall–Kier alpha value is -2.20. The Morgan fingerprint density at radius 3 is 2.45 bits per heavy atom. The molecular formula is C22H29N5O3S. The summed E-state index contributed by atoms with van der Waals surface area (Å²) in [6.07, 6.45) is 0. The molecule has 0 spiro atoms. The zero-order chi connectivity index (χ0) is 21.2. The van der Waals surface area contributed by atoms with Gasteiger partial charge in [0.15, 0.2) is 11.5 Å². The molecule has 9 heteroatoms. The van der Waals surface area contributed by atoms with Gasteiger partial charge in [0.05, 0.1) is 6.54 Å². The van der Waals surface area contributed by atoms with Crippen LogP contribution in [0, 0.1) is 0 Å². The van der Waals surface area contributed by atoms with Crippen LogP contribution < -0.4 is 9.47 Å². The average molecular weight is 444 g/mol. The molecule has 3 aliphatic heterocycles. The topological polar surface area (TPSA) is 61.4 Å². The van der Waals surface area contributed by atoms with Crippen LogP contribution in [0.3, 0.4) is 0 Å². The summed E-state index contributed by atoms with van der Waals surface area (Å²) in [5.41, 5.74) is 1.86. The summed E-state index contributed by atoms with van der Waals surface area (Å²) >= 11 is 1.60. The molecule has 5 rings (SSSR count). The van der Waals surface area contributed by atoms with Gasteiger partial charge in [-0.15, -0.1) is 11.3 Å². The molecule has 3 aliphatic rings. The molecular weight excluding hydrogens is 414 g/mol. The van der Waals surface area contributed by atoms with Crippen molar-refractivity contribution in [1.29, 1.82) is 0 Å². The molecule has 1 amide bonds. The number of thiazole rings is 1. The van der Waals surface area contributed by atoms with E-state index < -0.39 is 0 Å². The maximum absolute atomic E-state index is 12.7. The lowest BCUT2D eigenvalue weighted by molar-refractivity contribution is 0.0658. The first-order valence-corrected chi connectivity index (χ1v) is 11.8. The van der Waals surface area contributed by atoms with Gasteiger partial charge in [0.2, 0.25) is 6.79 Å². The molecule has 2 aromatic rings. The second-order valence-corrected chi connectivity index (χ2v) is 9.40. The van der Waals surface area contributed by atoms with Crippen LogP contribution in [0.2, 0.25) is 0 Å². The SMILES string of the molecule is CN1CCN(C(=O)c2csc(CN3CCN(Cc4ccc5c(c4)OCO5)CC3)n2)CC1. The van der Waals surface area contributed by atoms with Crippen molar-refractivity contribution < 1.29 is 14.3 Å². The highest BCUT2D eigenvalue weighted by molar-refractivity contribution is 7.09. The predicted molar refractivity (Wildman–Crippen MR) is 119 cm³/mol. The first-order chi connectivity index (χ1) is 15.1. The number of ether oxygens (including phenoxy) is 2. The third-order valence-electron chi connectivity index (χ3n) is 6.23. The lowest BCUT2D eigenvalue weighted by Crippen LogP contribution is -2.47. The number of carbonyl (C=O) groups excluding carboxylic acids is 1. The van der Waals surface area contributed by atoms with Gasteiger partial charge in [0, 0.05) is 64.3 Å². The highest BCUT2D eigenvalue weighted by Gasteiger charge is 2.24. The zero-order valence-electron chi connectivity index (χ0n) is 18.0. The molecule has 0 aliphatic carbocycles. The lowest BCUT2D eigenvalue weighted by Gasteiger charge is -2.34. The van der Waals surface area contributed by atoms with E-state index in [9.17, 15) is 4.79 Å². The predicted octanol–water partition coefficient (Wildman–Crippen LogP) is 1.58. The van der Waals surface area contributed by atoms with Crippen molar-refractivity contribution in [2.75, 3.05) is 66.2 Å². The van der Waals surface area contributed by atoms with Crippen molar-refractivity contribution in [3.05, 3.63) is 39.8 Å². The van der Waals surface area contributed by atoms with Gasteiger partial charge >= 0.3 is 0 Å². The second-order valence-electron chi connectivity index (χ2n) is 8.46. The zero-order valence-corrected chi connectivity index (χ0v) is 18.8. The number of hydrogen-bond acceptors (Lipinski definition) is 8. The quantitative estimate of drug-likeness (QED) is 0.695. The smallest absolute Gasteiger partial charge is 0.273 e. The third kappa shape index (κ3) is 4.85. The van der Waals surface area contributed by atoms with E-state index >= 15 is 0 Å². The first-order valence-electron chi connectivity index (χ1n) is 10.9. The maximum Gasteiger partial charge on any atom is 0.273 e. The van der Waals surface area contributed by atoms with Crippen LogP contribution in [0.4, 0.5) is 0 Å². The number of fused-ring (bicyclic) bond motifs is 1. The van der Waals surface area contributed by atoms with Crippen molar-refractivity contribution in [2.45, 2.75) is 13.1 Å². The molecule has 0 saturated carbocycles. The monoisotopic (exact) mass is 443 g/mol. The van der Waals surface area contributed by atoms with Gasteiger partial charge in [-0.25, -0.2) is 4.98 Å². The number of likely N-dealkylation sites (N-methyl/N-ethyl adjacent to an activating group) is 1. The standard InChI is InChI=1S/C22H29N5O3S/c1-24-4-10-27(11-5-24)22(28)18-15-31-21(23-18)14-26-8-6-25(7-9-26)13-17-2-3-19-20(12-17)30-16-29-19/h2-3,12,15H,4-11,13-14,16H2,1H3. The Balaban J connectivity index is 1.10. The van der Waals surface area contributed by atoms with E-state index in [0.717, 1.165) is 82.0 Å². The Morgan fingerprint density at radius 2 is 1.68 bits per heavy atom. The molecule has 1 aromatic carbocycles. The number of hydrogen-bond donors (Lipinski definition) is 0. The number of rotatable bonds is 5. The summed E-state index contributed by atoms with van der Waals surface area (Å²) < 4.78 is 10.9. The van der Waals surface area contributed by atoms with Crippen LogP contribution in [0.1, 0.15) is 21.1 Å². The average Bonchev–Trinajstić information content (AvgIpc) is 3.44. The van der Waals surface area contributed by atoms with E-state index in [1.165, 1.54) is 5.56 Å². The van der Waals surface area contributed by atoms with Crippen LogP contribution in [0.25, 0.3) is 0 Å². The van der Waals surface area contributed by atoms with Gasteiger partial charge in [-0.3, -0.25) is 14.6 Å². The van der Waals surface area contributed by atoms with E-state index in [4.69, 9.17) is 9.47 Å². The molecule has 2 saturated heterocycles. The molecule has 8 nitrogen and oxygen atoms in total. The molecule has 0 atom stereocenters. The third-order valence-corrected chi connectivity index (χ3v) is 7.06. The molecule has 31 heavy (non-hydrogen) atoms. The summed E-state index contributed by atoms with van der Waals surface area (Å²) in [5.74, 6) is 1.76. The van der Waals surface area contributed by atoms with Crippen molar-refractivity contribution >= 4 is 17.2 Å². The van der Waals surface area contributed by atoms with Crippen LogP contribution in [0.15, 0.2) is 23.6 Å². The molecule has 0 unspecified atom stereocenters. The van der Waals surface area contributed by atoms with E-state index in [-0.39, 0.29) is 5.91 Å². The Kier molecular flexibility index (Phi) is 6.08. The van der Waals surface area contributed by atoms with Crippen LogP contribution in [-0.2, 0) is 13.1 Å². The Labute approximate surface area is 187 Å². The molecule has 1 aromatic heterocycles. The highest BCUT2D eigenvalue weighted by atomic mass is 32.1. The summed E-state index contributed by atoms with van der Waals surface area (Å²) in [6.45, 7) is 9.54. The number of piperazine rings is 2. The summed E-state index contributed by atoms with van der Waals surface area (Å²) in [7, 11) is 2.09. The Bertz CT molecular complexity index is 920. The molecule has 0 bridgehead atoms. The minimum Gasteiger partial charge on any atom is -0.454 e. The molecule has 0 N–H and O–H groups in total. The minimum atomic E-state index is 0.0733. The van der Waals surface area contributed by atoms with Crippen molar-refractivity contribution in [2.24, 2.45) is 0 Å². The van der Waals surface area contributed by atoms with E-state index in [1.807, 2.05) is 16.3 Å². The molecule has 166 valence electrons. The van der Waals surface area contributed by atoms with E-state index in [2.05, 4.69) is 38.9 Å². The van der Waals surface area contributed by atoms with E-state index in [1.54, 1.807) is 11.3 Å². The molecule has 0 radical (unpaired) electrons. The maximum atomic E-state index is 12.7. The van der Waals surface area contributed by atoms with Crippen molar-refractivity contribution in [3.63, 3.8) is 0 Å². The number of aromatic nitrogens is 1. The highest BCUT2D eigenvalue weighted by Crippen LogP contribution is 2.32. The van der Waals surface area contributed by atoms with Gasteiger partial charge in [-0.2, -0.15) is 0 Å². The summed E-state index contributed by atoms with van der Waals surface area (Å²) in [4.78, 5) is 26.4. The Morgan fingerprint density at radius 1 is 0.968 bits per heavy atom. The fraction of sp³-hybridized carbons (Fsp3) is 0.545. The first kappa shape index (κ1) is 20.7. The molecule has 4 heterocycles. The van der Waals surface area contributed by atoms with Gasteiger partial charge in [0.1, 0.15) is 10.7 Å². The normalized spacial score (nSPS) is 20.4. The lowest BCUT2D eigenvalue weighted by atomic mass is 10.1. The van der Waals surface area contributed by atoms with Gasteiger partial charge in [-0.05, 0) is 24.7 Å². The minimum absolute atomic E-state index is 0.0733. The summed E-state index contributed by atoms with van der Waals surface area (Å²) in [6, 6.07) is 6.20. The molecule has 2 fully saturated rings. The largest absolute Gasteiger partial charge is 0.454 e. The van der Waals surface area contributed by atoms with Crippen molar-refractivity contribution in [3.8, 4) is 11.5 Å². The van der Waals surface area contributed by atoms with Gasteiger partial charge in [0.25, 0.3) is 5.91 Å². The van der Waals surface area contributed by atoms with Crippen LogP contribution in [-0.4, -0.2) is 96.7 Å². The van der Waals surface area contributed by atoms with Gasteiger partial charge < -0.3 is 19.3 Å².